The summed E-state index contributed by atoms with van der Waals surface area (Å²) >= 11 is 4.13. The molecular formula is C22H17F3O2S. The third-order valence-electron chi connectivity index (χ3n) is 3.49. The molecule has 0 N–H and O–H groups in total. The molecule has 28 heavy (non-hydrogen) atoms. The van der Waals surface area contributed by atoms with Crippen LogP contribution in [-0.2, 0) is 0 Å². The predicted molar refractivity (Wildman–Crippen MR) is 109 cm³/mol. The summed E-state index contributed by atoms with van der Waals surface area (Å²) < 4.78 is 33.9. The number of halogens is 3. The topological polar surface area (TPSA) is 30.2 Å². The highest BCUT2D eigenvalue weighted by Crippen LogP contribution is 2.17. The SMILES string of the molecule is FC(F)F.O=c1ccc2ccc(S)cc2o1.c1ccc(-c2ccccc2)cc1. The minimum Gasteiger partial charge on any atom is -0.423 e. The molecule has 6 heteroatoms. The molecule has 1 heterocycles. The van der Waals surface area contributed by atoms with Crippen LogP contribution in [0.1, 0.15) is 0 Å². The lowest BCUT2D eigenvalue weighted by Gasteiger charge is -1.98. The van der Waals surface area contributed by atoms with Gasteiger partial charge in [-0.1, -0.05) is 66.7 Å². The van der Waals surface area contributed by atoms with E-state index in [0.717, 1.165) is 10.3 Å². The zero-order valence-corrected chi connectivity index (χ0v) is 15.5. The van der Waals surface area contributed by atoms with Crippen molar-refractivity contribution in [3.05, 3.63) is 101 Å². The van der Waals surface area contributed by atoms with E-state index in [-0.39, 0.29) is 5.63 Å². The van der Waals surface area contributed by atoms with Crippen LogP contribution in [0.4, 0.5) is 13.2 Å². The smallest absolute Gasteiger partial charge is 0.379 e. The summed E-state index contributed by atoms with van der Waals surface area (Å²) in [6.07, 6.45) is 0. The van der Waals surface area contributed by atoms with Crippen molar-refractivity contribution in [3.8, 4) is 11.1 Å². The molecule has 0 aliphatic rings. The fourth-order valence-electron chi connectivity index (χ4n) is 2.31. The molecule has 0 unspecified atom stereocenters. The van der Waals surface area contributed by atoms with Gasteiger partial charge in [-0.05, 0) is 29.3 Å². The Bertz CT molecular complexity index is 995. The summed E-state index contributed by atoms with van der Waals surface area (Å²) in [5, 5.41) is 0.910. The number of hydrogen-bond donors (Lipinski definition) is 1. The second-order valence-electron chi connectivity index (χ2n) is 5.46. The molecule has 0 aliphatic heterocycles. The van der Waals surface area contributed by atoms with Crippen LogP contribution in [0.5, 0.6) is 0 Å². The molecule has 3 aromatic carbocycles. The van der Waals surface area contributed by atoms with E-state index in [1.165, 1.54) is 17.2 Å². The molecule has 0 amide bonds. The highest BCUT2D eigenvalue weighted by molar-refractivity contribution is 7.80. The Labute approximate surface area is 165 Å². The third kappa shape index (κ3) is 7.32. The quantitative estimate of drug-likeness (QED) is 0.287. The predicted octanol–water partition coefficient (Wildman–Crippen LogP) is 6.61. The van der Waals surface area contributed by atoms with E-state index in [1.807, 2.05) is 24.3 Å². The molecule has 2 nitrogen and oxygen atoms in total. The zero-order chi connectivity index (χ0) is 20.4. The van der Waals surface area contributed by atoms with Crippen molar-refractivity contribution in [2.24, 2.45) is 0 Å². The second-order valence-corrected chi connectivity index (χ2v) is 5.97. The molecule has 0 atom stereocenters. The minimum atomic E-state index is -3.67. The normalized spacial score (nSPS) is 9.89. The number of thiol groups is 1. The average Bonchev–Trinajstić information content (AvgIpc) is 2.69. The number of benzene rings is 3. The zero-order valence-electron chi connectivity index (χ0n) is 14.6. The molecule has 0 aliphatic carbocycles. The fraction of sp³-hybridized carbons (Fsp3) is 0.0455. The van der Waals surface area contributed by atoms with Gasteiger partial charge in [0.2, 0.25) is 0 Å². The van der Waals surface area contributed by atoms with Crippen molar-refractivity contribution < 1.29 is 17.6 Å². The van der Waals surface area contributed by atoms with Gasteiger partial charge in [0.15, 0.2) is 0 Å². The van der Waals surface area contributed by atoms with Crippen molar-refractivity contribution in [2.75, 3.05) is 0 Å². The Hall–Kier alpha value is -2.99. The molecule has 1 aromatic heterocycles. The Kier molecular flexibility index (Phi) is 8.37. The molecule has 4 rings (SSSR count). The van der Waals surface area contributed by atoms with E-state index in [1.54, 1.807) is 12.1 Å². The lowest BCUT2D eigenvalue weighted by molar-refractivity contribution is 0.00819. The van der Waals surface area contributed by atoms with E-state index in [0.29, 0.717) is 5.58 Å². The maximum atomic E-state index is 10.8. The van der Waals surface area contributed by atoms with Crippen LogP contribution < -0.4 is 5.63 Å². The number of rotatable bonds is 1. The fourth-order valence-corrected chi connectivity index (χ4v) is 2.50. The van der Waals surface area contributed by atoms with Crippen LogP contribution in [0.25, 0.3) is 22.1 Å². The highest BCUT2D eigenvalue weighted by Gasteiger charge is 1.96. The first-order valence-electron chi connectivity index (χ1n) is 8.21. The monoisotopic (exact) mass is 402 g/mol. The standard InChI is InChI=1S/C12H10.C9H6O2S.CHF3/c1-3-7-11(8-4-1)12-9-5-2-6-10-12;10-9-4-2-6-1-3-7(12)5-8(6)11-9;2-1(3)4/h1-10H;1-5,12H;1H. The van der Waals surface area contributed by atoms with Gasteiger partial charge in [-0.25, -0.2) is 4.79 Å². The van der Waals surface area contributed by atoms with Crippen molar-refractivity contribution >= 4 is 23.6 Å². The molecule has 0 fully saturated rings. The molecular weight excluding hydrogens is 385 g/mol. The largest absolute Gasteiger partial charge is 0.423 e. The summed E-state index contributed by atoms with van der Waals surface area (Å²) in [5.41, 5.74) is 2.80. The van der Waals surface area contributed by atoms with E-state index >= 15 is 0 Å². The molecule has 0 spiro atoms. The summed E-state index contributed by atoms with van der Waals surface area (Å²) in [6, 6.07) is 29.4. The van der Waals surface area contributed by atoms with E-state index in [9.17, 15) is 18.0 Å². The lowest BCUT2D eigenvalue weighted by atomic mass is 10.1. The highest BCUT2D eigenvalue weighted by atomic mass is 32.1. The molecule has 0 bridgehead atoms. The molecule has 4 aromatic rings. The second kappa shape index (κ2) is 11.0. The maximum Gasteiger partial charge on any atom is 0.379 e. The van der Waals surface area contributed by atoms with Gasteiger partial charge in [0.1, 0.15) is 5.58 Å². The number of hydrogen-bond acceptors (Lipinski definition) is 3. The van der Waals surface area contributed by atoms with Crippen LogP contribution in [0.3, 0.4) is 0 Å². The van der Waals surface area contributed by atoms with Crippen LogP contribution in [0.2, 0.25) is 0 Å². The number of alkyl halides is 3. The summed E-state index contributed by atoms with van der Waals surface area (Å²) in [5.74, 6) is 0. The van der Waals surface area contributed by atoms with Crippen LogP contribution in [0.15, 0.2) is 105 Å². The first-order valence-corrected chi connectivity index (χ1v) is 8.66. The first-order chi connectivity index (χ1) is 13.5. The summed E-state index contributed by atoms with van der Waals surface area (Å²) in [7, 11) is 0. The lowest BCUT2D eigenvalue weighted by Crippen LogP contribution is -1.93. The Morgan fingerprint density at radius 2 is 1.18 bits per heavy atom. The summed E-state index contributed by atoms with van der Waals surface area (Å²) in [6.45, 7) is -3.67. The average molecular weight is 402 g/mol. The molecule has 0 radical (unpaired) electrons. The van der Waals surface area contributed by atoms with Crippen molar-refractivity contribution in [1.29, 1.82) is 0 Å². The van der Waals surface area contributed by atoms with Crippen LogP contribution in [-0.4, -0.2) is 6.68 Å². The van der Waals surface area contributed by atoms with E-state index in [4.69, 9.17) is 4.42 Å². The van der Waals surface area contributed by atoms with Gasteiger partial charge in [0.05, 0.1) is 0 Å². The summed E-state index contributed by atoms with van der Waals surface area (Å²) in [4.78, 5) is 11.6. The van der Waals surface area contributed by atoms with E-state index in [2.05, 4.69) is 61.2 Å². The first kappa shape index (κ1) is 21.3. The van der Waals surface area contributed by atoms with Gasteiger partial charge >= 0.3 is 12.3 Å². The Balaban J connectivity index is 0.000000169. The Morgan fingerprint density at radius 3 is 1.68 bits per heavy atom. The molecule has 0 saturated heterocycles. The molecule has 144 valence electrons. The van der Waals surface area contributed by atoms with Crippen LogP contribution in [0, 0.1) is 0 Å². The Morgan fingerprint density at radius 1 is 0.714 bits per heavy atom. The van der Waals surface area contributed by atoms with Crippen molar-refractivity contribution in [2.45, 2.75) is 11.6 Å². The van der Waals surface area contributed by atoms with Gasteiger partial charge in [-0.15, -0.1) is 12.6 Å². The van der Waals surface area contributed by atoms with Gasteiger partial charge in [0.25, 0.3) is 0 Å². The van der Waals surface area contributed by atoms with E-state index < -0.39 is 6.68 Å². The minimum absolute atomic E-state index is 0.332. The van der Waals surface area contributed by atoms with Crippen molar-refractivity contribution in [3.63, 3.8) is 0 Å². The number of fused-ring (bicyclic) bond motifs is 1. The maximum absolute atomic E-state index is 10.8. The molecule has 0 saturated carbocycles. The van der Waals surface area contributed by atoms with Gasteiger partial charge in [-0.3, -0.25) is 0 Å². The van der Waals surface area contributed by atoms with Gasteiger partial charge in [-0.2, -0.15) is 13.2 Å². The van der Waals surface area contributed by atoms with Crippen molar-refractivity contribution in [1.82, 2.24) is 0 Å². The van der Waals surface area contributed by atoms with Gasteiger partial charge in [0, 0.05) is 16.3 Å². The third-order valence-corrected chi connectivity index (χ3v) is 3.77. The van der Waals surface area contributed by atoms with Gasteiger partial charge < -0.3 is 4.42 Å². The van der Waals surface area contributed by atoms with Crippen LogP contribution >= 0.6 is 12.6 Å².